The van der Waals surface area contributed by atoms with Crippen LogP contribution in [0.25, 0.3) is 11.1 Å². The van der Waals surface area contributed by atoms with Crippen molar-refractivity contribution in [1.82, 2.24) is 0 Å². The average molecular weight is 219 g/mol. The van der Waals surface area contributed by atoms with Crippen LogP contribution in [0.2, 0.25) is 0 Å². The smallest absolute Gasteiger partial charge is 0.160 e. The van der Waals surface area contributed by atoms with E-state index in [1.165, 1.54) is 22.7 Å². The molecule has 0 radical (unpaired) electrons. The molecule has 0 aliphatic heterocycles. The van der Waals surface area contributed by atoms with Crippen molar-refractivity contribution >= 4 is 29.0 Å². The highest BCUT2D eigenvalue weighted by Crippen LogP contribution is 2.30. The lowest BCUT2D eigenvalue weighted by atomic mass is 10.1. The van der Waals surface area contributed by atoms with E-state index in [2.05, 4.69) is 6.07 Å². The van der Waals surface area contributed by atoms with Gasteiger partial charge >= 0.3 is 0 Å². The maximum atomic E-state index is 10.5. The normalized spacial score (nSPS) is 9.64. The van der Waals surface area contributed by atoms with E-state index in [1.54, 1.807) is 6.07 Å². The van der Waals surface area contributed by atoms with Gasteiger partial charge in [0.15, 0.2) is 6.29 Å². The molecule has 0 spiro atoms. The predicted octanol–water partition coefficient (Wildman–Crippen LogP) is 3.16. The zero-order valence-electron chi connectivity index (χ0n) is 7.06. The number of hydrogen-bond donors (Lipinski definition) is 0. The highest BCUT2D eigenvalue weighted by molar-refractivity contribution is 7.12. The fourth-order valence-electron chi connectivity index (χ4n) is 1.18. The van der Waals surface area contributed by atoms with Gasteiger partial charge in [0.1, 0.15) is 10.9 Å². The Morgan fingerprint density at radius 1 is 1.43 bits per heavy atom. The van der Waals surface area contributed by atoms with Gasteiger partial charge in [-0.1, -0.05) is 0 Å². The zero-order valence-corrected chi connectivity index (χ0v) is 8.69. The maximum absolute atomic E-state index is 10.5. The first-order chi connectivity index (χ1) is 6.85. The molecular formula is C10H5NOS2. The molecule has 14 heavy (non-hydrogen) atoms. The third-order valence-corrected chi connectivity index (χ3v) is 3.49. The summed E-state index contributed by atoms with van der Waals surface area (Å²) in [7, 11) is 0. The van der Waals surface area contributed by atoms with Crippen LogP contribution in [-0.4, -0.2) is 6.29 Å². The lowest BCUT2D eigenvalue weighted by Crippen LogP contribution is -1.72. The van der Waals surface area contributed by atoms with Crippen molar-refractivity contribution in [2.24, 2.45) is 0 Å². The minimum absolute atomic E-state index is 0.690. The molecule has 0 fully saturated rings. The van der Waals surface area contributed by atoms with Crippen LogP contribution in [0.3, 0.4) is 0 Å². The summed E-state index contributed by atoms with van der Waals surface area (Å²) in [6.45, 7) is 0. The van der Waals surface area contributed by atoms with E-state index in [0.717, 1.165) is 17.4 Å². The van der Waals surface area contributed by atoms with Crippen molar-refractivity contribution in [1.29, 1.82) is 5.26 Å². The van der Waals surface area contributed by atoms with Crippen LogP contribution in [0.4, 0.5) is 0 Å². The Bertz CT molecular complexity index is 504. The molecule has 0 N–H and O–H groups in total. The van der Waals surface area contributed by atoms with Gasteiger partial charge in [0.2, 0.25) is 0 Å². The van der Waals surface area contributed by atoms with Crippen molar-refractivity contribution in [3.8, 4) is 17.2 Å². The van der Waals surface area contributed by atoms with E-state index < -0.39 is 0 Å². The molecule has 0 saturated carbocycles. The van der Waals surface area contributed by atoms with Crippen LogP contribution in [0, 0.1) is 11.3 Å². The molecule has 2 aromatic heterocycles. The Morgan fingerprint density at radius 2 is 2.29 bits per heavy atom. The van der Waals surface area contributed by atoms with Gasteiger partial charge in [0.05, 0.1) is 4.88 Å². The average Bonchev–Trinajstić information content (AvgIpc) is 2.85. The fraction of sp³-hybridized carbons (Fsp3) is 0. The lowest BCUT2D eigenvalue weighted by Gasteiger charge is -1.90. The topological polar surface area (TPSA) is 40.9 Å². The minimum Gasteiger partial charge on any atom is -0.297 e. The van der Waals surface area contributed by atoms with Crippen molar-refractivity contribution < 1.29 is 4.79 Å². The minimum atomic E-state index is 0.690. The number of carbonyl (C=O) groups is 1. The SMILES string of the molecule is N#Cc1sccc1-c1csc(C=O)c1. The molecule has 2 aromatic rings. The Labute approximate surface area is 89.1 Å². The van der Waals surface area contributed by atoms with Crippen LogP contribution >= 0.6 is 22.7 Å². The first-order valence-corrected chi connectivity index (χ1v) is 5.62. The second kappa shape index (κ2) is 3.74. The number of rotatable bonds is 2. The third-order valence-electron chi connectivity index (χ3n) is 1.81. The van der Waals surface area contributed by atoms with Crippen LogP contribution < -0.4 is 0 Å². The lowest BCUT2D eigenvalue weighted by molar-refractivity contribution is 0.112. The molecule has 0 saturated heterocycles. The van der Waals surface area contributed by atoms with Gasteiger partial charge < -0.3 is 0 Å². The van der Waals surface area contributed by atoms with Gasteiger partial charge in [-0.15, -0.1) is 22.7 Å². The Kier molecular flexibility index (Phi) is 2.44. The molecule has 68 valence electrons. The molecule has 2 heterocycles. The number of thiophene rings is 2. The highest BCUT2D eigenvalue weighted by Gasteiger charge is 2.07. The molecule has 2 rings (SSSR count). The maximum Gasteiger partial charge on any atom is 0.160 e. The van der Waals surface area contributed by atoms with Crippen molar-refractivity contribution in [2.45, 2.75) is 0 Å². The van der Waals surface area contributed by atoms with Crippen LogP contribution in [0.5, 0.6) is 0 Å². The molecule has 0 amide bonds. The molecule has 0 aliphatic rings. The molecule has 0 aliphatic carbocycles. The summed E-state index contributed by atoms with van der Waals surface area (Å²) in [5.74, 6) is 0. The molecule has 0 atom stereocenters. The van der Waals surface area contributed by atoms with Gasteiger partial charge in [0.25, 0.3) is 0 Å². The van der Waals surface area contributed by atoms with Crippen LogP contribution in [-0.2, 0) is 0 Å². The molecule has 4 heteroatoms. The highest BCUT2D eigenvalue weighted by atomic mass is 32.1. The molecule has 0 unspecified atom stereocenters. The van der Waals surface area contributed by atoms with Crippen LogP contribution in [0.15, 0.2) is 22.9 Å². The summed E-state index contributed by atoms with van der Waals surface area (Å²) in [5.41, 5.74) is 1.87. The Balaban J connectivity index is 2.50. The van der Waals surface area contributed by atoms with E-state index in [9.17, 15) is 4.79 Å². The first kappa shape index (κ1) is 9.13. The predicted molar refractivity (Wildman–Crippen MR) is 57.7 cm³/mol. The van der Waals surface area contributed by atoms with Gasteiger partial charge in [-0.05, 0) is 28.5 Å². The number of hydrogen-bond acceptors (Lipinski definition) is 4. The molecule has 2 nitrogen and oxygen atoms in total. The monoisotopic (exact) mass is 219 g/mol. The third kappa shape index (κ3) is 1.48. The molecule has 0 bridgehead atoms. The largest absolute Gasteiger partial charge is 0.297 e. The second-order valence-corrected chi connectivity index (χ2v) is 4.49. The van der Waals surface area contributed by atoms with Gasteiger partial charge in [0, 0.05) is 5.56 Å². The summed E-state index contributed by atoms with van der Waals surface area (Å²) >= 11 is 2.81. The Morgan fingerprint density at radius 3 is 2.93 bits per heavy atom. The van der Waals surface area contributed by atoms with Gasteiger partial charge in [-0.3, -0.25) is 4.79 Å². The first-order valence-electron chi connectivity index (χ1n) is 3.87. The number of nitriles is 1. The number of carbonyl (C=O) groups excluding carboxylic acids is 1. The zero-order chi connectivity index (χ0) is 9.97. The summed E-state index contributed by atoms with van der Waals surface area (Å²) in [4.78, 5) is 11.9. The van der Waals surface area contributed by atoms with Crippen molar-refractivity contribution in [3.63, 3.8) is 0 Å². The van der Waals surface area contributed by atoms with Gasteiger partial charge in [-0.2, -0.15) is 5.26 Å². The van der Waals surface area contributed by atoms with E-state index >= 15 is 0 Å². The summed E-state index contributed by atoms with van der Waals surface area (Å²) in [5, 5.41) is 12.6. The van der Waals surface area contributed by atoms with E-state index in [1.807, 2.05) is 16.8 Å². The summed E-state index contributed by atoms with van der Waals surface area (Å²) < 4.78 is 0. The fourth-order valence-corrected chi connectivity index (χ4v) is 2.59. The van der Waals surface area contributed by atoms with Gasteiger partial charge in [-0.25, -0.2) is 0 Å². The summed E-state index contributed by atoms with van der Waals surface area (Å²) in [6.07, 6.45) is 0.826. The molecular weight excluding hydrogens is 214 g/mol. The van der Waals surface area contributed by atoms with Crippen LogP contribution in [0.1, 0.15) is 14.5 Å². The Hall–Kier alpha value is -1.44. The van der Waals surface area contributed by atoms with E-state index in [-0.39, 0.29) is 0 Å². The quantitative estimate of drug-likeness (QED) is 0.728. The number of aldehydes is 1. The van der Waals surface area contributed by atoms with Crippen molar-refractivity contribution in [2.75, 3.05) is 0 Å². The summed E-state index contributed by atoms with van der Waals surface area (Å²) in [6, 6.07) is 5.84. The second-order valence-electron chi connectivity index (χ2n) is 2.63. The van der Waals surface area contributed by atoms with E-state index in [4.69, 9.17) is 5.26 Å². The van der Waals surface area contributed by atoms with E-state index in [0.29, 0.717) is 9.75 Å². The number of nitrogens with zero attached hydrogens (tertiary/aromatic N) is 1. The van der Waals surface area contributed by atoms with Crippen molar-refractivity contribution in [3.05, 3.63) is 32.6 Å². The standard InChI is InChI=1S/C10H5NOS2/c11-4-10-9(1-2-13-10)7-3-8(5-12)14-6-7/h1-3,5-6H. The molecule has 0 aromatic carbocycles.